The van der Waals surface area contributed by atoms with E-state index in [0.717, 1.165) is 0 Å². The number of carbonyl (C=O) groups excluding carboxylic acids is 2. The molecule has 6 aromatic rings. The van der Waals surface area contributed by atoms with Gasteiger partial charge in [0, 0.05) is 29.3 Å². The van der Waals surface area contributed by atoms with Gasteiger partial charge in [-0.15, -0.1) is 0 Å². The fourth-order valence-corrected chi connectivity index (χ4v) is 10.7. The van der Waals surface area contributed by atoms with E-state index in [0.29, 0.717) is 0 Å². The minimum absolute atomic E-state index is 0. The van der Waals surface area contributed by atoms with Gasteiger partial charge in [-0.05, 0) is 99.5 Å². The SMILES string of the molecule is C=C(C)C(=O)OCCCS(=O)(=O)[O-].C=C(C)C(=O)OCCS(=O)(=O)[O-].O=S(=O)([O-])CCCO.[Na+].c1ccc([S+](c2ccccc2)c2ccccc2)cc1.c1ccc([S+](c2ccccc2)c2ccccc2)cc1. The second kappa shape index (κ2) is 35.3. The van der Waals surface area contributed by atoms with Crippen molar-refractivity contribution >= 4 is 64.1 Å². The molecule has 72 heavy (non-hydrogen) atoms. The van der Waals surface area contributed by atoms with Crippen LogP contribution in [0.3, 0.4) is 0 Å². The molecule has 6 rings (SSSR count). The molecule has 20 heteroatoms. The van der Waals surface area contributed by atoms with Crippen LogP contribution in [-0.2, 0) is 71.2 Å². The van der Waals surface area contributed by atoms with Crippen LogP contribution in [0.1, 0.15) is 26.7 Å². The summed E-state index contributed by atoms with van der Waals surface area (Å²) < 4.78 is 98.4. The van der Waals surface area contributed by atoms with E-state index in [1.165, 1.54) is 43.2 Å². The first-order valence-corrected chi connectivity index (χ1v) is 28.7. The molecule has 0 heterocycles. The van der Waals surface area contributed by atoms with Crippen LogP contribution in [0.15, 0.2) is 236 Å². The van der Waals surface area contributed by atoms with Crippen LogP contribution in [-0.4, -0.2) is 93.0 Å². The molecule has 6 aromatic carbocycles. The van der Waals surface area contributed by atoms with Crippen molar-refractivity contribution in [3.8, 4) is 0 Å². The Hall–Kier alpha value is -4.87. The number of rotatable bonds is 18. The number of carbonyl (C=O) groups is 2. The van der Waals surface area contributed by atoms with Gasteiger partial charge >= 0.3 is 41.5 Å². The van der Waals surface area contributed by atoms with Gasteiger partial charge in [0.1, 0.15) is 6.61 Å². The molecule has 0 saturated carbocycles. The average molecular weight is 1090 g/mol. The Bertz CT molecular complexity index is 2520. The van der Waals surface area contributed by atoms with Crippen molar-refractivity contribution in [2.45, 2.75) is 56.1 Å². The smallest absolute Gasteiger partial charge is 0.748 e. The Morgan fingerprint density at radius 3 is 0.847 bits per heavy atom. The molecule has 0 saturated heterocycles. The number of ether oxygens (including phenoxy) is 2. The monoisotopic (exact) mass is 1090 g/mol. The third-order valence-corrected chi connectivity index (χ3v) is 15.2. The van der Waals surface area contributed by atoms with Gasteiger partial charge in [-0.25, -0.2) is 34.8 Å². The van der Waals surface area contributed by atoms with Gasteiger partial charge in [0.25, 0.3) is 0 Å². The molecule has 0 aromatic heterocycles. The molecular formula is C52H57NaO14S5. The second-order valence-electron chi connectivity index (χ2n) is 14.5. The topological polar surface area (TPSA) is 244 Å². The Morgan fingerprint density at radius 2 is 0.653 bits per heavy atom. The van der Waals surface area contributed by atoms with Crippen LogP contribution in [0, 0.1) is 0 Å². The maximum absolute atomic E-state index is 10.7. The quantitative estimate of drug-likeness (QED) is 0.0292. The zero-order valence-electron chi connectivity index (χ0n) is 40.2. The van der Waals surface area contributed by atoms with Crippen molar-refractivity contribution in [2.75, 3.05) is 37.1 Å². The van der Waals surface area contributed by atoms with Crippen LogP contribution < -0.4 is 29.6 Å². The first kappa shape index (κ1) is 65.1. The molecule has 14 nitrogen and oxygen atoms in total. The summed E-state index contributed by atoms with van der Waals surface area (Å²) in [5.74, 6) is -2.96. The summed E-state index contributed by atoms with van der Waals surface area (Å²) in [7, 11) is -12.6. The van der Waals surface area contributed by atoms with E-state index in [-0.39, 0.29) is 88.5 Å². The number of hydrogen-bond acceptors (Lipinski definition) is 14. The molecule has 0 fully saturated rings. The maximum Gasteiger partial charge on any atom is 1.00 e. The van der Waals surface area contributed by atoms with E-state index in [2.05, 4.69) is 205 Å². The van der Waals surface area contributed by atoms with Crippen molar-refractivity contribution in [1.29, 1.82) is 0 Å². The summed E-state index contributed by atoms with van der Waals surface area (Å²) >= 11 is 0. The fraction of sp³-hybridized carbons (Fsp3) is 0.192. The van der Waals surface area contributed by atoms with E-state index in [1.54, 1.807) is 0 Å². The predicted octanol–water partition coefficient (Wildman–Crippen LogP) is 5.17. The Balaban J connectivity index is 0.000000464. The zero-order valence-corrected chi connectivity index (χ0v) is 46.3. The maximum atomic E-state index is 10.7. The largest absolute Gasteiger partial charge is 1.00 e. The van der Waals surface area contributed by atoms with E-state index >= 15 is 0 Å². The Kier molecular flexibility index (Phi) is 31.9. The van der Waals surface area contributed by atoms with Gasteiger partial charge in [0.05, 0.1) is 64.5 Å². The zero-order chi connectivity index (χ0) is 52.7. The molecule has 0 atom stereocenters. The molecule has 0 unspecified atom stereocenters. The molecule has 0 spiro atoms. The van der Waals surface area contributed by atoms with Gasteiger partial charge in [-0.3, -0.25) is 0 Å². The second-order valence-corrected chi connectivity index (χ2v) is 23.2. The van der Waals surface area contributed by atoms with Crippen LogP contribution >= 0.6 is 0 Å². The number of benzene rings is 6. The number of aliphatic hydroxyl groups is 1. The van der Waals surface area contributed by atoms with Gasteiger partial charge in [0.15, 0.2) is 29.4 Å². The normalized spacial score (nSPS) is 10.7. The van der Waals surface area contributed by atoms with E-state index < -0.39 is 66.2 Å². The van der Waals surface area contributed by atoms with Crippen molar-refractivity contribution in [1.82, 2.24) is 0 Å². The van der Waals surface area contributed by atoms with E-state index in [9.17, 15) is 48.5 Å². The van der Waals surface area contributed by atoms with Gasteiger partial charge < -0.3 is 28.2 Å². The third kappa shape index (κ3) is 29.6. The standard InChI is InChI=1S/2C18H15S.C7H12O5S.C6H10O5S.C3H8O4S.Na/c2*1-4-10-16(11-5-1)19(17-12-6-2-7-13-17)18-14-8-3-9-15-18;1-6(2)7(8)12-4-3-5-13(9,10)11;1-5(2)6(7)11-3-4-12(8,9)10;4-2-1-3-8(5,6)7;/h2*1-15H;1,3-5H2,2H3,(H,9,10,11);1,3-4H2,2H3,(H,8,9,10);4H,1-3H2,(H,5,6,7);/q2*+1;;;;+1/p-3. The van der Waals surface area contributed by atoms with E-state index in [1.807, 2.05) is 0 Å². The number of esters is 2. The van der Waals surface area contributed by atoms with Gasteiger partial charge in [-0.1, -0.05) is 122 Å². The third-order valence-electron chi connectivity index (χ3n) is 8.46. The van der Waals surface area contributed by atoms with E-state index in [4.69, 9.17) is 5.11 Å². The predicted molar refractivity (Wildman–Crippen MR) is 275 cm³/mol. The molecule has 0 amide bonds. The molecule has 380 valence electrons. The number of aliphatic hydroxyl groups excluding tert-OH is 1. The summed E-state index contributed by atoms with van der Waals surface area (Å²) in [6.45, 7) is 8.76. The Morgan fingerprint density at radius 1 is 0.431 bits per heavy atom. The Labute approximate surface area is 452 Å². The molecular weight excluding hydrogens is 1030 g/mol. The van der Waals surface area contributed by atoms with Crippen molar-refractivity contribution in [3.05, 3.63) is 206 Å². The van der Waals surface area contributed by atoms with Crippen molar-refractivity contribution in [2.24, 2.45) is 0 Å². The average Bonchev–Trinajstić information content (AvgIpc) is 3.34. The first-order chi connectivity index (χ1) is 33.6. The molecule has 0 aliphatic carbocycles. The fourth-order valence-electron chi connectivity index (χ4n) is 5.28. The number of hydrogen-bond donors (Lipinski definition) is 1. The molecule has 1 N–H and O–H groups in total. The van der Waals surface area contributed by atoms with Gasteiger partial charge in [-0.2, -0.15) is 0 Å². The summed E-state index contributed by atoms with van der Waals surface area (Å²) in [5, 5.41) is 8.03. The summed E-state index contributed by atoms with van der Waals surface area (Å²) in [4.78, 5) is 29.5. The minimum atomic E-state index is -4.30. The van der Waals surface area contributed by atoms with Crippen molar-refractivity contribution < 1.29 is 92.6 Å². The summed E-state index contributed by atoms with van der Waals surface area (Å²) in [6.07, 6.45) is 0.0523. The molecule has 0 aliphatic heterocycles. The summed E-state index contributed by atoms with van der Waals surface area (Å²) in [6, 6.07) is 64.3. The van der Waals surface area contributed by atoms with Crippen LogP contribution in [0.4, 0.5) is 0 Å². The van der Waals surface area contributed by atoms with Crippen LogP contribution in [0.25, 0.3) is 0 Å². The molecule has 0 bridgehead atoms. The van der Waals surface area contributed by atoms with Crippen LogP contribution in [0.5, 0.6) is 0 Å². The van der Waals surface area contributed by atoms with Gasteiger partial charge in [0.2, 0.25) is 0 Å². The molecule has 0 radical (unpaired) electrons. The van der Waals surface area contributed by atoms with Crippen LogP contribution in [0.2, 0.25) is 0 Å². The molecule has 0 aliphatic rings. The minimum Gasteiger partial charge on any atom is -0.748 e. The van der Waals surface area contributed by atoms with Crippen molar-refractivity contribution in [3.63, 3.8) is 0 Å². The first-order valence-electron chi connectivity index (χ1n) is 21.5. The summed E-state index contributed by atoms with van der Waals surface area (Å²) in [5.41, 5.74) is 0.406.